The molecule has 1 atom stereocenters. The molecule has 0 aromatic heterocycles. The second-order valence-electron chi connectivity index (χ2n) is 4.43. The lowest BCUT2D eigenvalue weighted by atomic mass is 9.99. The molecular weight excluding hydrogens is 361 g/mol. The van der Waals surface area contributed by atoms with Crippen LogP contribution < -0.4 is 10.5 Å². The lowest BCUT2D eigenvalue weighted by Gasteiger charge is -2.16. The van der Waals surface area contributed by atoms with E-state index in [2.05, 4.69) is 15.9 Å². The van der Waals surface area contributed by atoms with E-state index in [1.54, 1.807) is 19.2 Å². The number of rotatable bonds is 4. The third kappa shape index (κ3) is 3.67. The van der Waals surface area contributed by atoms with E-state index >= 15 is 0 Å². The Bertz CT molecular complexity index is 619. The van der Waals surface area contributed by atoms with Crippen molar-refractivity contribution in [3.8, 4) is 5.75 Å². The number of nitrogens with two attached hydrogens (primary N) is 1. The topological polar surface area (TPSA) is 35.2 Å². The summed E-state index contributed by atoms with van der Waals surface area (Å²) in [6, 6.07) is 10.9. The second-order valence-corrected chi connectivity index (χ2v) is 6.13. The van der Waals surface area contributed by atoms with Crippen LogP contribution in [-0.4, -0.2) is 7.11 Å². The van der Waals surface area contributed by atoms with E-state index < -0.39 is 0 Å². The highest BCUT2D eigenvalue weighted by Gasteiger charge is 2.14. The Balaban J connectivity index is 2.27. The minimum absolute atomic E-state index is 0.232. The van der Waals surface area contributed by atoms with Gasteiger partial charge >= 0.3 is 0 Å². The molecule has 5 heteroatoms. The average molecular weight is 375 g/mol. The summed E-state index contributed by atoms with van der Waals surface area (Å²) in [6.45, 7) is 0. The fraction of sp³-hybridized carbons (Fsp3) is 0.200. The molecule has 1 unspecified atom stereocenters. The summed E-state index contributed by atoms with van der Waals surface area (Å²) in [5, 5.41) is 1.26. The molecule has 0 aliphatic carbocycles. The molecule has 0 saturated heterocycles. The number of hydrogen-bond acceptors (Lipinski definition) is 2. The fourth-order valence-corrected chi connectivity index (χ4v) is 2.83. The van der Waals surface area contributed by atoms with Crippen molar-refractivity contribution in [2.24, 2.45) is 5.73 Å². The SMILES string of the molecule is COc1ccc(Br)c(CC(N)c2cc(Cl)ccc2Cl)c1. The highest BCUT2D eigenvalue weighted by molar-refractivity contribution is 9.10. The molecule has 2 nitrogen and oxygen atoms in total. The van der Waals surface area contributed by atoms with Gasteiger partial charge in [-0.05, 0) is 53.9 Å². The minimum Gasteiger partial charge on any atom is -0.497 e. The Hall–Kier alpha value is -0.740. The van der Waals surface area contributed by atoms with Crippen molar-refractivity contribution < 1.29 is 4.74 Å². The summed E-state index contributed by atoms with van der Waals surface area (Å²) >= 11 is 15.7. The van der Waals surface area contributed by atoms with E-state index in [9.17, 15) is 0 Å². The Morgan fingerprint density at radius 1 is 1.20 bits per heavy atom. The third-order valence-electron chi connectivity index (χ3n) is 3.05. The van der Waals surface area contributed by atoms with Gasteiger partial charge in [-0.3, -0.25) is 0 Å². The van der Waals surface area contributed by atoms with E-state index in [0.29, 0.717) is 16.5 Å². The number of hydrogen-bond donors (Lipinski definition) is 1. The van der Waals surface area contributed by atoms with Gasteiger partial charge in [-0.25, -0.2) is 0 Å². The molecule has 2 N–H and O–H groups in total. The van der Waals surface area contributed by atoms with E-state index in [1.807, 2.05) is 24.3 Å². The van der Waals surface area contributed by atoms with E-state index in [4.69, 9.17) is 33.7 Å². The normalized spacial score (nSPS) is 12.2. The largest absolute Gasteiger partial charge is 0.497 e. The Kier molecular flexibility index (Phi) is 5.33. The van der Waals surface area contributed by atoms with Crippen LogP contribution in [0.25, 0.3) is 0 Å². The van der Waals surface area contributed by atoms with Gasteiger partial charge in [-0.1, -0.05) is 39.1 Å². The van der Waals surface area contributed by atoms with Crippen LogP contribution in [0.15, 0.2) is 40.9 Å². The van der Waals surface area contributed by atoms with E-state index in [1.165, 1.54) is 0 Å². The number of ether oxygens (including phenoxy) is 1. The summed E-state index contributed by atoms with van der Waals surface area (Å²) in [4.78, 5) is 0. The molecule has 0 aliphatic heterocycles. The van der Waals surface area contributed by atoms with Crippen LogP contribution in [-0.2, 0) is 6.42 Å². The molecule has 2 aromatic carbocycles. The first-order chi connectivity index (χ1) is 9.51. The molecule has 2 rings (SSSR count). The molecule has 0 bridgehead atoms. The van der Waals surface area contributed by atoms with Gasteiger partial charge in [-0.15, -0.1) is 0 Å². The van der Waals surface area contributed by atoms with Gasteiger partial charge < -0.3 is 10.5 Å². The van der Waals surface area contributed by atoms with Crippen molar-refractivity contribution in [1.29, 1.82) is 0 Å². The average Bonchev–Trinajstić information content (AvgIpc) is 2.43. The molecule has 0 heterocycles. The lowest BCUT2D eigenvalue weighted by molar-refractivity contribution is 0.414. The molecule has 0 amide bonds. The molecule has 20 heavy (non-hydrogen) atoms. The maximum Gasteiger partial charge on any atom is 0.119 e. The molecule has 0 radical (unpaired) electrons. The van der Waals surface area contributed by atoms with Crippen molar-refractivity contribution in [1.82, 2.24) is 0 Å². The van der Waals surface area contributed by atoms with Gasteiger partial charge in [0.1, 0.15) is 5.75 Å². The number of halogens is 3. The van der Waals surface area contributed by atoms with Crippen molar-refractivity contribution in [2.45, 2.75) is 12.5 Å². The van der Waals surface area contributed by atoms with Crippen molar-refractivity contribution in [3.63, 3.8) is 0 Å². The van der Waals surface area contributed by atoms with Crippen LogP contribution >= 0.6 is 39.1 Å². The maximum absolute atomic E-state index is 6.25. The molecule has 2 aromatic rings. The molecule has 106 valence electrons. The highest BCUT2D eigenvalue weighted by Crippen LogP contribution is 2.30. The first-order valence-electron chi connectivity index (χ1n) is 6.04. The summed E-state index contributed by atoms with van der Waals surface area (Å²) < 4.78 is 6.22. The van der Waals surface area contributed by atoms with Crippen molar-refractivity contribution in [2.75, 3.05) is 7.11 Å². The zero-order valence-corrected chi connectivity index (χ0v) is 14.0. The summed E-state index contributed by atoms with van der Waals surface area (Å²) in [6.07, 6.45) is 0.637. The zero-order chi connectivity index (χ0) is 14.7. The van der Waals surface area contributed by atoms with Gasteiger partial charge in [-0.2, -0.15) is 0 Å². The zero-order valence-electron chi connectivity index (χ0n) is 10.9. The van der Waals surface area contributed by atoms with Gasteiger partial charge in [0.25, 0.3) is 0 Å². The van der Waals surface area contributed by atoms with Gasteiger partial charge in [0.15, 0.2) is 0 Å². The lowest BCUT2D eigenvalue weighted by Crippen LogP contribution is -2.14. The van der Waals surface area contributed by atoms with Crippen LogP contribution in [0.3, 0.4) is 0 Å². The minimum atomic E-state index is -0.232. The first-order valence-corrected chi connectivity index (χ1v) is 7.59. The second kappa shape index (κ2) is 6.81. The molecule has 0 spiro atoms. The van der Waals surface area contributed by atoms with Gasteiger partial charge in [0.05, 0.1) is 7.11 Å². The third-order valence-corrected chi connectivity index (χ3v) is 4.40. The first kappa shape index (κ1) is 15.6. The van der Waals surface area contributed by atoms with Crippen molar-refractivity contribution >= 4 is 39.1 Å². The molecular formula is C15H14BrCl2NO. The predicted octanol–water partition coefficient (Wildman–Crippen LogP) is 5.01. The van der Waals surface area contributed by atoms with Crippen LogP contribution in [0.1, 0.15) is 17.2 Å². The number of benzene rings is 2. The van der Waals surface area contributed by atoms with Crippen LogP contribution in [0.2, 0.25) is 10.0 Å². The van der Waals surface area contributed by atoms with Gasteiger partial charge in [0.2, 0.25) is 0 Å². The van der Waals surface area contributed by atoms with Crippen molar-refractivity contribution in [3.05, 3.63) is 62.0 Å². The molecule has 0 saturated carbocycles. The summed E-state index contributed by atoms with van der Waals surface area (Å²) in [7, 11) is 1.64. The Morgan fingerprint density at radius 2 is 1.95 bits per heavy atom. The summed E-state index contributed by atoms with van der Waals surface area (Å²) in [5.41, 5.74) is 8.16. The fourth-order valence-electron chi connectivity index (χ4n) is 1.98. The van der Waals surface area contributed by atoms with E-state index in [0.717, 1.165) is 21.3 Å². The number of methoxy groups -OCH3 is 1. The summed E-state index contributed by atoms with van der Waals surface area (Å²) in [5.74, 6) is 0.799. The Morgan fingerprint density at radius 3 is 2.65 bits per heavy atom. The molecule has 0 aliphatic rings. The maximum atomic E-state index is 6.25. The Labute approximate surface area is 137 Å². The van der Waals surface area contributed by atoms with E-state index in [-0.39, 0.29) is 6.04 Å². The van der Waals surface area contributed by atoms with Gasteiger partial charge in [0, 0.05) is 20.6 Å². The van der Waals surface area contributed by atoms with Crippen LogP contribution in [0, 0.1) is 0 Å². The van der Waals surface area contributed by atoms with Crippen LogP contribution in [0.5, 0.6) is 5.75 Å². The standard InChI is InChI=1S/C15H14BrCl2NO/c1-20-11-3-4-13(16)9(6-11)7-15(19)12-8-10(17)2-5-14(12)18/h2-6,8,15H,7,19H2,1H3. The highest BCUT2D eigenvalue weighted by atomic mass is 79.9. The monoisotopic (exact) mass is 373 g/mol. The smallest absolute Gasteiger partial charge is 0.119 e. The quantitative estimate of drug-likeness (QED) is 0.816. The predicted molar refractivity (Wildman–Crippen MR) is 87.8 cm³/mol. The van der Waals surface area contributed by atoms with Crippen LogP contribution in [0.4, 0.5) is 0 Å². The molecule has 0 fully saturated rings.